The van der Waals surface area contributed by atoms with Gasteiger partial charge < -0.3 is 14.8 Å². The SMILES string of the molecule is Cc1nc2cc(C3CCOCC3)nn2c(NCCCN2CCOCC2)c1C. The van der Waals surface area contributed by atoms with Crippen molar-refractivity contribution in [3.8, 4) is 0 Å². The van der Waals surface area contributed by atoms with E-state index in [0.29, 0.717) is 5.92 Å². The van der Waals surface area contributed by atoms with Crippen molar-refractivity contribution in [3.05, 3.63) is 23.0 Å². The number of anilines is 1. The molecular formula is C20H31N5O2. The summed E-state index contributed by atoms with van der Waals surface area (Å²) >= 11 is 0. The number of nitrogens with zero attached hydrogens (tertiary/aromatic N) is 4. The Balaban J connectivity index is 1.46. The van der Waals surface area contributed by atoms with Gasteiger partial charge in [-0.25, -0.2) is 4.98 Å². The second-order valence-electron chi connectivity index (χ2n) is 7.63. The van der Waals surface area contributed by atoms with E-state index in [1.54, 1.807) is 0 Å². The molecule has 4 rings (SSSR count). The van der Waals surface area contributed by atoms with Crippen LogP contribution in [0.25, 0.3) is 5.65 Å². The second-order valence-corrected chi connectivity index (χ2v) is 7.63. The lowest BCUT2D eigenvalue weighted by molar-refractivity contribution is 0.0378. The smallest absolute Gasteiger partial charge is 0.157 e. The van der Waals surface area contributed by atoms with Crippen LogP contribution in [0.15, 0.2) is 6.07 Å². The molecule has 1 N–H and O–H groups in total. The van der Waals surface area contributed by atoms with Crippen LogP contribution in [-0.4, -0.2) is 72.1 Å². The zero-order valence-corrected chi connectivity index (χ0v) is 16.5. The third kappa shape index (κ3) is 4.25. The molecule has 148 valence electrons. The van der Waals surface area contributed by atoms with Crippen molar-refractivity contribution >= 4 is 11.5 Å². The summed E-state index contributed by atoms with van der Waals surface area (Å²) in [5.41, 5.74) is 4.33. The van der Waals surface area contributed by atoms with Crippen molar-refractivity contribution in [2.75, 3.05) is 57.9 Å². The van der Waals surface area contributed by atoms with Crippen LogP contribution in [0.2, 0.25) is 0 Å². The minimum Gasteiger partial charge on any atom is -0.381 e. The van der Waals surface area contributed by atoms with Gasteiger partial charge >= 0.3 is 0 Å². The number of aryl methyl sites for hydroxylation is 1. The molecular weight excluding hydrogens is 342 g/mol. The largest absolute Gasteiger partial charge is 0.381 e. The molecule has 0 saturated carbocycles. The van der Waals surface area contributed by atoms with E-state index >= 15 is 0 Å². The van der Waals surface area contributed by atoms with Gasteiger partial charge in [-0.2, -0.15) is 9.61 Å². The Morgan fingerprint density at radius 2 is 1.85 bits per heavy atom. The molecule has 0 unspecified atom stereocenters. The Morgan fingerprint density at radius 1 is 1.11 bits per heavy atom. The maximum absolute atomic E-state index is 5.50. The number of ether oxygens (including phenoxy) is 2. The van der Waals surface area contributed by atoms with E-state index in [-0.39, 0.29) is 0 Å². The van der Waals surface area contributed by atoms with Gasteiger partial charge in [0.15, 0.2) is 5.65 Å². The number of nitrogens with one attached hydrogen (secondary N) is 1. The van der Waals surface area contributed by atoms with Crippen LogP contribution in [0.4, 0.5) is 5.82 Å². The number of aromatic nitrogens is 3. The Morgan fingerprint density at radius 3 is 2.63 bits per heavy atom. The topological polar surface area (TPSA) is 63.9 Å². The molecule has 0 amide bonds. The molecule has 0 aliphatic carbocycles. The molecule has 0 atom stereocenters. The number of fused-ring (bicyclic) bond motifs is 1. The maximum atomic E-state index is 5.50. The molecule has 4 heterocycles. The minimum atomic E-state index is 0.482. The molecule has 2 fully saturated rings. The van der Waals surface area contributed by atoms with E-state index in [1.165, 1.54) is 5.56 Å². The number of rotatable bonds is 6. The second kappa shape index (κ2) is 8.54. The molecule has 27 heavy (non-hydrogen) atoms. The highest BCUT2D eigenvalue weighted by molar-refractivity contribution is 5.55. The normalized spacial score (nSPS) is 19.6. The Labute approximate surface area is 161 Å². The van der Waals surface area contributed by atoms with Gasteiger partial charge in [-0.3, -0.25) is 4.90 Å². The zero-order chi connectivity index (χ0) is 18.6. The van der Waals surface area contributed by atoms with Gasteiger partial charge in [-0.05, 0) is 39.7 Å². The molecule has 2 aliphatic heterocycles. The van der Waals surface area contributed by atoms with E-state index in [2.05, 4.69) is 30.1 Å². The molecule has 0 radical (unpaired) electrons. The zero-order valence-electron chi connectivity index (χ0n) is 16.5. The lowest BCUT2D eigenvalue weighted by Crippen LogP contribution is -2.37. The fourth-order valence-electron chi connectivity index (χ4n) is 3.95. The van der Waals surface area contributed by atoms with Gasteiger partial charge in [0.2, 0.25) is 0 Å². The molecule has 2 aromatic heterocycles. The Hall–Kier alpha value is -1.70. The molecule has 0 spiro atoms. The summed E-state index contributed by atoms with van der Waals surface area (Å²) in [7, 11) is 0. The van der Waals surface area contributed by atoms with Crippen LogP contribution in [0, 0.1) is 13.8 Å². The summed E-state index contributed by atoms with van der Waals surface area (Å²) < 4.78 is 12.9. The lowest BCUT2D eigenvalue weighted by Gasteiger charge is -2.26. The predicted octanol–water partition coefficient (Wildman–Crippen LogP) is 2.37. The van der Waals surface area contributed by atoms with E-state index in [9.17, 15) is 0 Å². The average molecular weight is 374 g/mol. The number of hydrogen-bond donors (Lipinski definition) is 1. The first-order chi connectivity index (χ1) is 13.2. The third-order valence-corrected chi connectivity index (χ3v) is 5.79. The highest BCUT2D eigenvalue weighted by atomic mass is 16.5. The number of morpholine rings is 1. The van der Waals surface area contributed by atoms with Gasteiger partial charge in [0.05, 0.1) is 18.9 Å². The lowest BCUT2D eigenvalue weighted by atomic mass is 9.97. The van der Waals surface area contributed by atoms with Crippen molar-refractivity contribution in [2.24, 2.45) is 0 Å². The molecule has 7 nitrogen and oxygen atoms in total. The highest BCUT2D eigenvalue weighted by Crippen LogP contribution is 2.28. The minimum absolute atomic E-state index is 0.482. The molecule has 7 heteroatoms. The van der Waals surface area contributed by atoms with Crippen LogP contribution in [-0.2, 0) is 9.47 Å². The van der Waals surface area contributed by atoms with Gasteiger partial charge in [0.25, 0.3) is 0 Å². The van der Waals surface area contributed by atoms with Crippen molar-refractivity contribution in [3.63, 3.8) is 0 Å². The van der Waals surface area contributed by atoms with Gasteiger partial charge in [0.1, 0.15) is 5.82 Å². The van der Waals surface area contributed by atoms with Crippen molar-refractivity contribution < 1.29 is 9.47 Å². The van der Waals surface area contributed by atoms with Crippen molar-refractivity contribution in [1.82, 2.24) is 19.5 Å². The van der Waals surface area contributed by atoms with E-state index in [1.807, 2.05) is 4.52 Å². The summed E-state index contributed by atoms with van der Waals surface area (Å²) in [6.45, 7) is 11.7. The summed E-state index contributed by atoms with van der Waals surface area (Å²) in [4.78, 5) is 7.23. The quantitative estimate of drug-likeness (QED) is 0.785. The van der Waals surface area contributed by atoms with Gasteiger partial charge in [-0.15, -0.1) is 0 Å². The standard InChI is InChI=1S/C20H31N5O2/c1-15-16(2)22-19-14-18(17-4-10-26-11-5-17)23-25(19)20(15)21-6-3-7-24-8-12-27-13-9-24/h14,17,21H,3-13H2,1-2H3. The first-order valence-corrected chi connectivity index (χ1v) is 10.2. The van der Waals surface area contributed by atoms with Gasteiger partial charge in [0, 0.05) is 56.1 Å². The molecule has 2 saturated heterocycles. The average Bonchev–Trinajstić information content (AvgIpc) is 3.13. The molecule has 0 bridgehead atoms. The van der Waals surface area contributed by atoms with Crippen LogP contribution in [0.1, 0.15) is 42.1 Å². The van der Waals surface area contributed by atoms with E-state index < -0.39 is 0 Å². The Kier molecular flexibility index (Phi) is 5.90. The van der Waals surface area contributed by atoms with Crippen LogP contribution < -0.4 is 5.32 Å². The number of hydrogen-bond acceptors (Lipinski definition) is 6. The van der Waals surface area contributed by atoms with Crippen molar-refractivity contribution in [1.29, 1.82) is 0 Å². The van der Waals surface area contributed by atoms with Crippen LogP contribution in [0.3, 0.4) is 0 Å². The first-order valence-electron chi connectivity index (χ1n) is 10.2. The summed E-state index contributed by atoms with van der Waals surface area (Å²) in [6.07, 6.45) is 3.20. The molecule has 2 aromatic rings. The summed E-state index contributed by atoms with van der Waals surface area (Å²) in [5, 5.41) is 8.55. The first kappa shape index (κ1) is 18.7. The van der Waals surface area contributed by atoms with Gasteiger partial charge in [-0.1, -0.05) is 0 Å². The highest BCUT2D eigenvalue weighted by Gasteiger charge is 2.21. The summed E-state index contributed by atoms with van der Waals surface area (Å²) in [6, 6.07) is 2.15. The predicted molar refractivity (Wildman–Crippen MR) is 106 cm³/mol. The molecule has 2 aliphatic rings. The van der Waals surface area contributed by atoms with Crippen LogP contribution >= 0.6 is 0 Å². The van der Waals surface area contributed by atoms with Crippen molar-refractivity contribution in [2.45, 2.75) is 39.0 Å². The summed E-state index contributed by atoms with van der Waals surface area (Å²) in [5.74, 6) is 1.56. The Bertz CT molecular complexity index is 763. The monoisotopic (exact) mass is 373 g/mol. The van der Waals surface area contributed by atoms with E-state index in [4.69, 9.17) is 19.6 Å². The van der Waals surface area contributed by atoms with E-state index in [0.717, 1.165) is 94.7 Å². The molecule has 0 aromatic carbocycles. The van der Waals surface area contributed by atoms with Crippen LogP contribution in [0.5, 0.6) is 0 Å². The fourth-order valence-corrected chi connectivity index (χ4v) is 3.95. The fraction of sp³-hybridized carbons (Fsp3) is 0.700. The third-order valence-electron chi connectivity index (χ3n) is 5.79. The maximum Gasteiger partial charge on any atom is 0.157 e.